The van der Waals surface area contributed by atoms with E-state index in [-0.39, 0.29) is 6.10 Å². The van der Waals surface area contributed by atoms with E-state index in [9.17, 15) is 5.11 Å². The third-order valence-electron chi connectivity index (χ3n) is 2.53. The number of hydrogen-bond donors (Lipinski definition) is 3. The molecule has 0 spiro atoms. The number of halogens is 1. The molecule has 3 N–H and O–H groups in total. The van der Waals surface area contributed by atoms with Gasteiger partial charge < -0.3 is 15.7 Å². The Labute approximate surface area is 123 Å². The Morgan fingerprint density at radius 2 is 2.11 bits per heavy atom. The van der Waals surface area contributed by atoms with Gasteiger partial charge in [-0.25, -0.2) is 4.98 Å². The number of hydrogen-bond acceptors (Lipinski definition) is 5. The van der Waals surface area contributed by atoms with Gasteiger partial charge >= 0.3 is 0 Å². The lowest BCUT2D eigenvalue weighted by Crippen LogP contribution is -2.22. The quantitative estimate of drug-likeness (QED) is 0.683. The Morgan fingerprint density at radius 3 is 2.74 bits per heavy atom. The molecular formula is C13H23BrN4O. The summed E-state index contributed by atoms with van der Waals surface area (Å²) < 4.78 is 0.797. The Bertz CT molecular complexity index is 387. The van der Waals surface area contributed by atoms with Gasteiger partial charge in [0.25, 0.3) is 0 Å². The molecular weight excluding hydrogens is 308 g/mol. The van der Waals surface area contributed by atoms with Crippen molar-refractivity contribution in [2.45, 2.75) is 39.7 Å². The molecule has 0 aliphatic heterocycles. The largest absolute Gasteiger partial charge is 0.391 e. The lowest BCUT2D eigenvalue weighted by Gasteiger charge is -2.15. The first-order valence-electron chi connectivity index (χ1n) is 6.71. The normalized spacial score (nSPS) is 12.5. The molecule has 0 aliphatic rings. The average Bonchev–Trinajstić information content (AvgIpc) is 2.35. The predicted octanol–water partition coefficient (Wildman–Crippen LogP) is 2.88. The molecule has 1 atom stereocenters. The molecule has 0 aliphatic carbocycles. The highest BCUT2D eigenvalue weighted by Gasteiger charge is 2.09. The predicted molar refractivity (Wildman–Crippen MR) is 82.5 cm³/mol. The highest BCUT2D eigenvalue weighted by atomic mass is 79.9. The number of aromatic nitrogens is 2. The minimum absolute atomic E-state index is 0.367. The molecule has 1 heterocycles. The summed E-state index contributed by atoms with van der Waals surface area (Å²) in [7, 11) is 0. The number of anilines is 2. The maximum Gasteiger partial charge on any atom is 0.224 e. The first-order valence-corrected chi connectivity index (χ1v) is 7.50. The van der Waals surface area contributed by atoms with E-state index in [2.05, 4.69) is 57.3 Å². The van der Waals surface area contributed by atoms with Gasteiger partial charge in [-0.3, -0.25) is 0 Å². The second kappa shape index (κ2) is 8.32. The number of nitrogens with zero attached hydrogens (tertiary/aromatic N) is 2. The fourth-order valence-corrected chi connectivity index (χ4v) is 1.99. The highest BCUT2D eigenvalue weighted by Crippen LogP contribution is 2.20. The van der Waals surface area contributed by atoms with Crippen molar-refractivity contribution in [2.75, 3.05) is 23.7 Å². The zero-order chi connectivity index (χ0) is 14.3. The van der Waals surface area contributed by atoms with Crippen LogP contribution in [0.15, 0.2) is 10.7 Å². The Hall–Kier alpha value is -0.880. The van der Waals surface area contributed by atoms with Crippen LogP contribution in [-0.2, 0) is 0 Å². The van der Waals surface area contributed by atoms with Crippen molar-refractivity contribution in [3.05, 3.63) is 10.7 Å². The second-order valence-electron chi connectivity index (χ2n) is 4.98. The lowest BCUT2D eigenvalue weighted by molar-refractivity contribution is 0.161. The highest BCUT2D eigenvalue weighted by molar-refractivity contribution is 9.10. The van der Waals surface area contributed by atoms with Gasteiger partial charge in [0.2, 0.25) is 5.95 Å². The number of aliphatic hydroxyl groups excluding tert-OH is 1. The van der Waals surface area contributed by atoms with Gasteiger partial charge in [-0.15, -0.1) is 0 Å². The van der Waals surface area contributed by atoms with Gasteiger partial charge in [0.05, 0.1) is 10.6 Å². The monoisotopic (exact) mass is 330 g/mol. The molecule has 1 aromatic rings. The van der Waals surface area contributed by atoms with E-state index >= 15 is 0 Å². The summed E-state index contributed by atoms with van der Waals surface area (Å²) in [6, 6.07) is 0. The summed E-state index contributed by atoms with van der Waals surface area (Å²) in [5.41, 5.74) is 0. The van der Waals surface area contributed by atoms with Gasteiger partial charge in [-0.05, 0) is 34.7 Å². The molecule has 0 bridgehead atoms. The summed E-state index contributed by atoms with van der Waals surface area (Å²) in [6.07, 6.45) is 3.14. The number of nitrogens with one attached hydrogen (secondary N) is 2. The van der Waals surface area contributed by atoms with Crippen molar-refractivity contribution in [3.63, 3.8) is 0 Å². The Balaban J connectivity index is 2.56. The lowest BCUT2D eigenvalue weighted by atomic mass is 10.1. The topological polar surface area (TPSA) is 70.1 Å². The SMILES string of the molecule is CCCNc1ncc(Br)c(NCC(O)CC(C)C)n1. The van der Waals surface area contributed by atoms with E-state index in [1.165, 1.54) is 0 Å². The molecule has 108 valence electrons. The standard InChI is InChI=1S/C13H23BrN4O/c1-4-5-15-13-17-8-11(14)12(18-13)16-7-10(19)6-9(2)3/h8-10,19H,4-7H2,1-3H3,(H2,15,16,17,18). The van der Waals surface area contributed by atoms with Crippen LogP contribution >= 0.6 is 15.9 Å². The smallest absolute Gasteiger partial charge is 0.224 e. The van der Waals surface area contributed by atoms with Gasteiger partial charge in [-0.1, -0.05) is 20.8 Å². The van der Waals surface area contributed by atoms with Crippen molar-refractivity contribution < 1.29 is 5.11 Å². The van der Waals surface area contributed by atoms with Crippen LogP contribution in [0.1, 0.15) is 33.6 Å². The van der Waals surface area contributed by atoms with Gasteiger partial charge in [0, 0.05) is 19.3 Å². The molecule has 1 unspecified atom stereocenters. The Kier molecular flexibility index (Phi) is 7.09. The molecule has 0 saturated carbocycles. The molecule has 0 saturated heterocycles. The van der Waals surface area contributed by atoms with Crippen LogP contribution in [-0.4, -0.2) is 34.3 Å². The first kappa shape index (κ1) is 16.2. The summed E-state index contributed by atoms with van der Waals surface area (Å²) in [5.74, 6) is 1.79. The average molecular weight is 331 g/mol. The fraction of sp³-hybridized carbons (Fsp3) is 0.692. The van der Waals surface area contributed by atoms with E-state index in [4.69, 9.17) is 0 Å². The van der Waals surface area contributed by atoms with Crippen LogP contribution in [0, 0.1) is 5.92 Å². The minimum Gasteiger partial charge on any atom is -0.391 e. The fourth-order valence-electron chi connectivity index (χ4n) is 1.66. The molecule has 5 nitrogen and oxygen atoms in total. The van der Waals surface area contributed by atoms with Crippen LogP contribution in [0.5, 0.6) is 0 Å². The molecule has 0 amide bonds. The third kappa shape index (κ3) is 6.20. The summed E-state index contributed by atoms with van der Waals surface area (Å²) >= 11 is 3.40. The van der Waals surface area contributed by atoms with Gasteiger partial charge in [-0.2, -0.15) is 4.98 Å². The van der Waals surface area contributed by atoms with Crippen molar-refractivity contribution in [2.24, 2.45) is 5.92 Å². The minimum atomic E-state index is -0.367. The molecule has 0 fully saturated rings. The molecule has 19 heavy (non-hydrogen) atoms. The zero-order valence-electron chi connectivity index (χ0n) is 11.8. The molecule has 0 radical (unpaired) electrons. The van der Waals surface area contributed by atoms with E-state index in [1.54, 1.807) is 6.20 Å². The van der Waals surface area contributed by atoms with Crippen molar-refractivity contribution in [3.8, 4) is 0 Å². The molecule has 6 heteroatoms. The van der Waals surface area contributed by atoms with Crippen LogP contribution in [0.25, 0.3) is 0 Å². The van der Waals surface area contributed by atoms with E-state index in [0.29, 0.717) is 24.2 Å². The summed E-state index contributed by atoms with van der Waals surface area (Å²) in [6.45, 7) is 7.61. The zero-order valence-corrected chi connectivity index (χ0v) is 13.4. The van der Waals surface area contributed by atoms with Crippen LogP contribution in [0.3, 0.4) is 0 Å². The van der Waals surface area contributed by atoms with E-state index < -0.39 is 0 Å². The van der Waals surface area contributed by atoms with E-state index in [0.717, 1.165) is 23.9 Å². The van der Waals surface area contributed by atoms with Crippen molar-refractivity contribution in [1.82, 2.24) is 9.97 Å². The summed E-state index contributed by atoms with van der Waals surface area (Å²) in [4.78, 5) is 8.55. The van der Waals surface area contributed by atoms with Crippen molar-refractivity contribution in [1.29, 1.82) is 0 Å². The second-order valence-corrected chi connectivity index (χ2v) is 5.84. The first-order chi connectivity index (χ1) is 9.02. The third-order valence-corrected chi connectivity index (χ3v) is 3.11. The van der Waals surface area contributed by atoms with Crippen LogP contribution < -0.4 is 10.6 Å². The van der Waals surface area contributed by atoms with Gasteiger partial charge in [0.15, 0.2) is 0 Å². The van der Waals surface area contributed by atoms with Crippen LogP contribution in [0.4, 0.5) is 11.8 Å². The Morgan fingerprint density at radius 1 is 1.37 bits per heavy atom. The van der Waals surface area contributed by atoms with Crippen molar-refractivity contribution >= 4 is 27.7 Å². The molecule has 1 aromatic heterocycles. The number of rotatable bonds is 8. The molecule has 0 aromatic carbocycles. The summed E-state index contributed by atoms with van der Waals surface area (Å²) in [5, 5.41) is 16.1. The van der Waals surface area contributed by atoms with Crippen LogP contribution in [0.2, 0.25) is 0 Å². The van der Waals surface area contributed by atoms with Gasteiger partial charge in [0.1, 0.15) is 5.82 Å². The maximum atomic E-state index is 9.85. The number of aliphatic hydroxyl groups is 1. The maximum absolute atomic E-state index is 9.85. The van der Waals surface area contributed by atoms with E-state index in [1.807, 2.05) is 0 Å². The molecule has 1 rings (SSSR count).